The highest BCUT2D eigenvalue weighted by molar-refractivity contribution is 7.14. The Morgan fingerprint density at radius 1 is 0.957 bits per heavy atom. The predicted molar refractivity (Wildman–Crippen MR) is 94.8 cm³/mol. The van der Waals surface area contributed by atoms with E-state index < -0.39 is 0 Å². The molecule has 0 unspecified atom stereocenters. The van der Waals surface area contributed by atoms with Gasteiger partial charge in [0.25, 0.3) is 0 Å². The molecule has 0 fully saturated rings. The highest BCUT2D eigenvalue weighted by atomic mass is 35.5. The molecule has 23 heavy (non-hydrogen) atoms. The van der Waals surface area contributed by atoms with Gasteiger partial charge in [0.1, 0.15) is 0 Å². The fourth-order valence-corrected chi connectivity index (χ4v) is 3.19. The van der Waals surface area contributed by atoms with Crippen LogP contribution in [0.2, 0.25) is 9.49 Å². The first-order valence-electron chi connectivity index (χ1n) is 6.75. The Balaban J connectivity index is 0.000000183. The number of hydrogen-bond acceptors (Lipinski definition) is 4. The summed E-state index contributed by atoms with van der Waals surface area (Å²) >= 11 is 12.8. The normalized spacial score (nSPS) is 10.6. The van der Waals surface area contributed by atoms with Crippen molar-refractivity contribution in [1.29, 1.82) is 0 Å². The van der Waals surface area contributed by atoms with Gasteiger partial charge in [-0.2, -0.15) is 0 Å². The van der Waals surface area contributed by atoms with Gasteiger partial charge in [-0.1, -0.05) is 35.3 Å². The zero-order valence-corrected chi connectivity index (χ0v) is 14.8. The number of aromatic nitrogens is 1. The van der Waals surface area contributed by atoms with E-state index >= 15 is 0 Å². The van der Waals surface area contributed by atoms with Gasteiger partial charge in [-0.3, -0.25) is 0 Å². The van der Waals surface area contributed by atoms with Crippen molar-refractivity contribution < 1.29 is 9.47 Å². The number of halogens is 2. The van der Waals surface area contributed by atoms with Crippen LogP contribution in [0.25, 0.3) is 11.3 Å². The van der Waals surface area contributed by atoms with E-state index in [1.54, 1.807) is 14.2 Å². The quantitative estimate of drug-likeness (QED) is 0.485. The van der Waals surface area contributed by atoms with Crippen molar-refractivity contribution in [1.82, 2.24) is 4.98 Å². The second-order valence-corrected chi connectivity index (χ2v) is 6.60. The van der Waals surface area contributed by atoms with Crippen LogP contribution < -0.4 is 9.47 Å². The van der Waals surface area contributed by atoms with Crippen molar-refractivity contribution in [2.45, 2.75) is 0 Å². The molecule has 118 valence electrons. The molecule has 0 spiro atoms. The Morgan fingerprint density at radius 2 is 1.74 bits per heavy atom. The van der Waals surface area contributed by atoms with Gasteiger partial charge in [0.2, 0.25) is 0 Å². The van der Waals surface area contributed by atoms with E-state index in [1.165, 1.54) is 21.8 Å². The molecule has 0 aliphatic heterocycles. The summed E-state index contributed by atoms with van der Waals surface area (Å²) in [6, 6.07) is 11.7. The molecule has 1 heterocycles. The summed E-state index contributed by atoms with van der Waals surface area (Å²) in [4.78, 5) is 4.20. The maximum Gasteiger partial charge on any atom is 0.184 e. The molecule has 0 atom stereocenters. The van der Waals surface area contributed by atoms with Gasteiger partial charge >= 0.3 is 0 Å². The molecule has 1 aromatic carbocycles. The molecule has 0 amide bonds. The van der Waals surface area contributed by atoms with Crippen LogP contribution in [0, 0.1) is 10.4 Å². The van der Waals surface area contributed by atoms with E-state index in [4.69, 9.17) is 32.7 Å². The first-order chi connectivity index (χ1) is 11.1. The van der Waals surface area contributed by atoms with Gasteiger partial charge in [0.05, 0.1) is 19.9 Å². The Kier molecular flexibility index (Phi) is 4.76. The molecule has 3 nitrogen and oxygen atoms in total. The topological polar surface area (TPSA) is 31.4 Å². The average Bonchev–Trinajstić information content (AvgIpc) is 2.98. The lowest BCUT2D eigenvalue weighted by Crippen LogP contribution is -1.90. The monoisotopic (exact) mass is 365 g/mol. The largest absolute Gasteiger partial charge is 0.493 e. The van der Waals surface area contributed by atoms with Crippen molar-refractivity contribution in [2.75, 3.05) is 14.2 Å². The summed E-state index contributed by atoms with van der Waals surface area (Å²) in [5.41, 5.74) is 1.80. The van der Waals surface area contributed by atoms with Crippen LogP contribution in [0.5, 0.6) is 11.5 Å². The van der Waals surface area contributed by atoms with E-state index in [0.29, 0.717) is 16.0 Å². The number of rotatable bonds is 3. The summed E-state index contributed by atoms with van der Waals surface area (Å²) in [5.74, 6) is 1.39. The van der Waals surface area contributed by atoms with E-state index in [-0.39, 0.29) is 0 Å². The van der Waals surface area contributed by atoms with Crippen LogP contribution in [0.3, 0.4) is 0 Å². The maximum atomic E-state index is 5.79. The third-order valence-corrected chi connectivity index (χ3v) is 4.73. The minimum atomic E-state index is 0.532. The van der Waals surface area contributed by atoms with Crippen molar-refractivity contribution >= 4 is 34.5 Å². The highest BCUT2D eigenvalue weighted by Crippen LogP contribution is 2.33. The van der Waals surface area contributed by atoms with Gasteiger partial charge in [0, 0.05) is 21.2 Å². The average molecular weight is 366 g/mol. The molecule has 0 N–H and O–H groups in total. The Morgan fingerprint density at radius 3 is 2.13 bits per heavy atom. The van der Waals surface area contributed by atoms with Crippen molar-refractivity contribution in [3.8, 4) is 22.8 Å². The predicted octanol–water partition coefficient (Wildman–Crippen LogP) is 5.42. The smallest absolute Gasteiger partial charge is 0.184 e. The molecule has 6 heteroatoms. The molecule has 0 saturated carbocycles. The van der Waals surface area contributed by atoms with Crippen LogP contribution in [-0.4, -0.2) is 19.2 Å². The second-order valence-electron chi connectivity index (χ2n) is 4.75. The SMILES string of the molecule is COc1ccc(-c2csc(Cl)n2)cc1OC.Clc1cc2ccc1=2. The van der Waals surface area contributed by atoms with Crippen molar-refractivity contribution in [3.05, 3.63) is 61.7 Å². The van der Waals surface area contributed by atoms with Gasteiger partial charge < -0.3 is 9.47 Å². The Labute approximate surface area is 147 Å². The molecule has 2 aromatic rings. The summed E-state index contributed by atoms with van der Waals surface area (Å²) in [5, 5.41) is 5.37. The molecule has 0 radical (unpaired) electrons. The third-order valence-electron chi connectivity index (χ3n) is 3.44. The molecule has 0 bridgehead atoms. The molecule has 4 rings (SSSR count). The fraction of sp³-hybridized carbons (Fsp3) is 0.118. The molecule has 0 saturated heterocycles. The zero-order chi connectivity index (χ0) is 16.4. The molecule has 2 aliphatic rings. The molecular formula is C17H13Cl2NO2S. The number of thiazole rings is 1. The second kappa shape index (κ2) is 6.79. The number of ether oxygens (including phenoxy) is 2. The third kappa shape index (κ3) is 3.29. The number of methoxy groups -OCH3 is 2. The van der Waals surface area contributed by atoms with Gasteiger partial charge in [-0.05, 0) is 29.5 Å². The van der Waals surface area contributed by atoms with Gasteiger partial charge in [-0.15, -0.1) is 11.3 Å². The number of hydrogen-bond donors (Lipinski definition) is 0. The maximum absolute atomic E-state index is 5.79. The van der Waals surface area contributed by atoms with Crippen molar-refractivity contribution in [3.63, 3.8) is 0 Å². The van der Waals surface area contributed by atoms with Crippen LogP contribution in [0.4, 0.5) is 0 Å². The van der Waals surface area contributed by atoms with E-state index in [2.05, 4.69) is 11.1 Å². The van der Waals surface area contributed by atoms with E-state index in [1.807, 2.05) is 35.7 Å². The lowest BCUT2D eigenvalue weighted by Gasteiger charge is -2.08. The first-order valence-corrected chi connectivity index (χ1v) is 8.39. The van der Waals surface area contributed by atoms with Gasteiger partial charge in [-0.25, -0.2) is 4.98 Å². The van der Waals surface area contributed by atoms with Crippen LogP contribution in [0.1, 0.15) is 0 Å². The summed E-state index contributed by atoms with van der Waals surface area (Å²) in [6.45, 7) is 0. The minimum absolute atomic E-state index is 0.532. The summed E-state index contributed by atoms with van der Waals surface area (Å²) in [7, 11) is 3.22. The Hall–Kier alpha value is -1.75. The molecule has 2 aliphatic carbocycles. The van der Waals surface area contributed by atoms with Crippen LogP contribution in [0.15, 0.2) is 41.8 Å². The van der Waals surface area contributed by atoms with Crippen LogP contribution in [-0.2, 0) is 0 Å². The number of benzene rings is 2. The highest BCUT2D eigenvalue weighted by Gasteiger charge is 2.08. The summed E-state index contributed by atoms with van der Waals surface area (Å²) < 4.78 is 10.9. The van der Waals surface area contributed by atoms with E-state index in [0.717, 1.165) is 16.3 Å². The lowest BCUT2D eigenvalue weighted by molar-refractivity contribution is 0.355. The standard InChI is InChI=1S/C11H10ClNO2S.C6H3Cl/c1-14-9-4-3-7(5-10(9)15-2)8-6-16-11(12)13-8;7-6-3-4-1-2-5(4)6/h3-6H,1-2H3;1-3H. The Bertz CT molecular complexity index is 940. The van der Waals surface area contributed by atoms with Gasteiger partial charge in [0.15, 0.2) is 16.0 Å². The van der Waals surface area contributed by atoms with Crippen molar-refractivity contribution in [2.24, 2.45) is 0 Å². The molecule has 1 aromatic heterocycles. The number of nitrogens with zero attached hydrogens (tertiary/aromatic N) is 1. The summed E-state index contributed by atoms with van der Waals surface area (Å²) in [6.07, 6.45) is 0. The zero-order valence-electron chi connectivity index (χ0n) is 12.5. The minimum Gasteiger partial charge on any atom is -0.493 e. The lowest BCUT2D eigenvalue weighted by atomic mass is 10.1. The van der Waals surface area contributed by atoms with Crippen LogP contribution >= 0.6 is 34.5 Å². The fourth-order valence-electron chi connectivity index (χ4n) is 2.12. The molecular weight excluding hydrogens is 353 g/mol. The first kappa shape index (κ1) is 16.1. The van der Waals surface area contributed by atoms with E-state index in [9.17, 15) is 0 Å².